The minimum atomic E-state index is -3.70. The van der Waals surface area contributed by atoms with Gasteiger partial charge in [0.1, 0.15) is 11.5 Å². The molecule has 1 aromatic carbocycles. The van der Waals surface area contributed by atoms with Crippen molar-refractivity contribution in [2.45, 2.75) is 24.4 Å². The van der Waals surface area contributed by atoms with Gasteiger partial charge in [-0.3, -0.25) is 0 Å². The van der Waals surface area contributed by atoms with Gasteiger partial charge < -0.3 is 19.5 Å². The van der Waals surface area contributed by atoms with Crippen molar-refractivity contribution >= 4 is 40.0 Å². The molecule has 0 aliphatic rings. The second-order valence-electron chi connectivity index (χ2n) is 6.04. The largest absolute Gasteiger partial charge is 0.469 e. The first-order valence-electron chi connectivity index (χ1n) is 8.69. The fraction of sp³-hybridized carbons (Fsp3) is 0.211. The maximum atomic E-state index is 11.3. The van der Waals surface area contributed by atoms with Gasteiger partial charge in [0.15, 0.2) is 5.96 Å². The lowest BCUT2D eigenvalue weighted by molar-refractivity contribution is 0.498. The van der Waals surface area contributed by atoms with Crippen molar-refractivity contribution in [3.05, 3.63) is 78.1 Å². The van der Waals surface area contributed by atoms with Crippen LogP contribution in [0.4, 0.5) is 0 Å². The van der Waals surface area contributed by atoms with Crippen molar-refractivity contribution in [2.75, 3.05) is 6.54 Å². The summed E-state index contributed by atoms with van der Waals surface area (Å²) in [7, 11) is -3.70. The summed E-state index contributed by atoms with van der Waals surface area (Å²) in [5, 5.41) is 11.6. The molecule has 0 radical (unpaired) electrons. The van der Waals surface area contributed by atoms with Gasteiger partial charge in [-0.15, -0.1) is 24.0 Å². The molecule has 156 valence electrons. The predicted molar refractivity (Wildman–Crippen MR) is 120 cm³/mol. The summed E-state index contributed by atoms with van der Waals surface area (Å²) < 4.78 is 33.3. The number of furan rings is 2. The molecule has 0 saturated carbocycles. The zero-order valence-corrected chi connectivity index (χ0v) is 18.7. The zero-order valence-electron chi connectivity index (χ0n) is 15.6. The van der Waals surface area contributed by atoms with E-state index in [1.165, 1.54) is 12.1 Å². The fourth-order valence-corrected chi connectivity index (χ4v) is 2.99. The Labute approximate surface area is 186 Å². The highest BCUT2D eigenvalue weighted by atomic mass is 127. The van der Waals surface area contributed by atoms with Gasteiger partial charge in [-0.05, 0) is 42.0 Å². The Hall–Kier alpha value is -2.31. The van der Waals surface area contributed by atoms with E-state index < -0.39 is 10.0 Å². The second-order valence-corrected chi connectivity index (χ2v) is 7.60. The number of hydrogen-bond acceptors (Lipinski definition) is 5. The highest BCUT2D eigenvalue weighted by Crippen LogP contribution is 2.09. The second kappa shape index (κ2) is 11.0. The molecule has 3 rings (SSSR count). The van der Waals surface area contributed by atoms with Gasteiger partial charge in [0.2, 0.25) is 10.0 Å². The van der Waals surface area contributed by atoms with Gasteiger partial charge in [0.25, 0.3) is 0 Å². The SMILES string of the molecule is I.NS(=O)(=O)c1ccc(CN=C(NCCc2ccco2)NCc2ccco2)cc1. The molecule has 0 unspecified atom stereocenters. The molecule has 0 saturated heterocycles. The lowest BCUT2D eigenvalue weighted by Gasteiger charge is -2.11. The predicted octanol–water partition coefficient (Wildman–Crippen LogP) is 2.62. The fourth-order valence-electron chi connectivity index (χ4n) is 2.47. The molecule has 0 aliphatic heterocycles. The molecule has 3 aromatic rings. The number of benzene rings is 1. The van der Waals surface area contributed by atoms with Crippen molar-refractivity contribution in [3.63, 3.8) is 0 Å². The Morgan fingerprint density at radius 1 is 0.966 bits per heavy atom. The van der Waals surface area contributed by atoms with Crippen LogP contribution in [-0.2, 0) is 29.5 Å². The smallest absolute Gasteiger partial charge is 0.238 e. The molecule has 10 heteroatoms. The lowest BCUT2D eigenvalue weighted by Crippen LogP contribution is -2.38. The van der Waals surface area contributed by atoms with Crippen LogP contribution in [0.3, 0.4) is 0 Å². The van der Waals surface area contributed by atoms with Crippen molar-refractivity contribution in [2.24, 2.45) is 10.1 Å². The van der Waals surface area contributed by atoms with E-state index in [0.717, 1.165) is 23.5 Å². The summed E-state index contributed by atoms with van der Waals surface area (Å²) in [6.45, 7) is 1.50. The quantitative estimate of drug-likeness (QED) is 0.234. The maximum Gasteiger partial charge on any atom is 0.238 e. The third-order valence-corrected chi connectivity index (χ3v) is 4.85. The summed E-state index contributed by atoms with van der Waals surface area (Å²) in [6, 6.07) is 13.8. The highest BCUT2D eigenvalue weighted by molar-refractivity contribution is 14.0. The molecular weight excluding hydrogens is 507 g/mol. The monoisotopic (exact) mass is 530 g/mol. The van der Waals surface area contributed by atoms with Crippen LogP contribution in [0.5, 0.6) is 0 Å². The minimum Gasteiger partial charge on any atom is -0.469 e. The van der Waals surface area contributed by atoms with Crippen LogP contribution in [0.15, 0.2) is 79.8 Å². The Kier molecular flexibility index (Phi) is 8.73. The molecule has 8 nitrogen and oxygen atoms in total. The van der Waals surface area contributed by atoms with Crippen molar-refractivity contribution < 1.29 is 17.3 Å². The summed E-state index contributed by atoms with van der Waals surface area (Å²) in [5.41, 5.74) is 0.859. The van der Waals surface area contributed by atoms with Crippen LogP contribution in [0.25, 0.3) is 0 Å². The van der Waals surface area contributed by atoms with E-state index in [0.29, 0.717) is 25.6 Å². The first kappa shape index (κ1) is 23.0. The molecule has 4 N–H and O–H groups in total. The van der Waals surface area contributed by atoms with E-state index in [2.05, 4.69) is 15.6 Å². The highest BCUT2D eigenvalue weighted by Gasteiger charge is 2.07. The molecule has 0 bridgehead atoms. The number of aliphatic imine (C=N–C) groups is 1. The molecule has 0 atom stereocenters. The van der Waals surface area contributed by atoms with Gasteiger partial charge in [-0.1, -0.05) is 12.1 Å². The number of halogens is 1. The first-order chi connectivity index (χ1) is 13.5. The van der Waals surface area contributed by atoms with E-state index in [9.17, 15) is 8.42 Å². The van der Waals surface area contributed by atoms with Crippen LogP contribution in [0.1, 0.15) is 17.1 Å². The van der Waals surface area contributed by atoms with Gasteiger partial charge in [0.05, 0.1) is 30.5 Å². The van der Waals surface area contributed by atoms with Gasteiger partial charge >= 0.3 is 0 Å². The normalized spacial score (nSPS) is 11.7. The zero-order chi connectivity index (χ0) is 19.8. The van der Waals surface area contributed by atoms with Crippen molar-refractivity contribution in [1.29, 1.82) is 0 Å². The summed E-state index contributed by atoms with van der Waals surface area (Å²) in [6.07, 6.45) is 3.98. The number of guanidine groups is 1. The number of nitrogens with two attached hydrogens (primary N) is 1. The molecule has 0 aliphatic carbocycles. The Morgan fingerprint density at radius 3 is 2.21 bits per heavy atom. The molecular formula is C19H23IN4O4S. The van der Waals surface area contributed by atoms with E-state index >= 15 is 0 Å². The van der Waals surface area contributed by atoms with Gasteiger partial charge in [-0.25, -0.2) is 18.5 Å². The molecule has 0 fully saturated rings. The van der Waals surface area contributed by atoms with Crippen molar-refractivity contribution in [1.82, 2.24) is 10.6 Å². The summed E-state index contributed by atoms with van der Waals surface area (Å²) in [4.78, 5) is 4.62. The average Bonchev–Trinajstić information content (AvgIpc) is 3.37. The van der Waals surface area contributed by atoms with Crippen LogP contribution in [0.2, 0.25) is 0 Å². The molecule has 0 amide bonds. The maximum absolute atomic E-state index is 11.3. The van der Waals surface area contributed by atoms with Crippen LogP contribution < -0.4 is 15.8 Å². The van der Waals surface area contributed by atoms with E-state index in [1.807, 2.05) is 24.3 Å². The summed E-state index contributed by atoms with van der Waals surface area (Å²) >= 11 is 0. The molecule has 29 heavy (non-hydrogen) atoms. The van der Waals surface area contributed by atoms with Crippen LogP contribution >= 0.6 is 24.0 Å². The number of nitrogens with zero attached hydrogens (tertiary/aromatic N) is 1. The first-order valence-corrected chi connectivity index (χ1v) is 10.2. The van der Waals surface area contributed by atoms with Gasteiger partial charge in [0, 0.05) is 13.0 Å². The van der Waals surface area contributed by atoms with Crippen molar-refractivity contribution in [3.8, 4) is 0 Å². The van der Waals surface area contributed by atoms with E-state index in [-0.39, 0.29) is 28.9 Å². The number of primary sulfonamides is 1. The van der Waals surface area contributed by atoms with E-state index in [1.54, 1.807) is 24.7 Å². The number of nitrogens with one attached hydrogen (secondary N) is 2. The Morgan fingerprint density at radius 2 is 1.62 bits per heavy atom. The number of rotatable bonds is 8. The minimum absolute atomic E-state index is 0. The third-order valence-electron chi connectivity index (χ3n) is 3.93. The molecule has 2 aromatic heterocycles. The molecule has 0 spiro atoms. The number of sulfonamides is 1. The van der Waals surface area contributed by atoms with E-state index in [4.69, 9.17) is 14.0 Å². The van der Waals surface area contributed by atoms with Crippen LogP contribution in [-0.4, -0.2) is 20.9 Å². The summed E-state index contributed by atoms with van der Waals surface area (Å²) in [5.74, 6) is 2.29. The standard InChI is InChI=1S/C19H22N4O4S.HI/c20-28(24,25)18-7-5-15(6-8-18)13-22-19(23-14-17-4-2-12-27-17)21-10-9-16-3-1-11-26-16;/h1-8,11-12H,9-10,13-14H2,(H2,20,24,25)(H2,21,22,23);1H. The van der Waals surface area contributed by atoms with Gasteiger partial charge in [-0.2, -0.15) is 0 Å². The number of hydrogen-bond donors (Lipinski definition) is 3. The third kappa shape index (κ3) is 7.55. The Bertz CT molecular complexity index is 986. The topological polar surface area (TPSA) is 123 Å². The molecule has 2 heterocycles. The average molecular weight is 530 g/mol. The lowest BCUT2D eigenvalue weighted by atomic mass is 10.2. The van der Waals surface area contributed by atoms with Crippen LogP contribution in [0, 0.1) is 0 Å². The Balaban J connectivity index is 0.00000300.